The van der Waals surface area contributed by atoms with Crippen molar-refractivity contribution in [1.29, 1.82) is 0 Å². The summed E-state index contributed by atoms with van der Waals surface area (Å²) < 4.78 is 2.03. The molecule has 24 heavy (non-hydrogen) atoms. The topological polar surface area (TPSA) is 67.2 Å². The van der Waals surface area contributed by atoms with Crippen LogP contribution in [0.25, 0.3) is 22.4 Å². The first kappa shape index (κ1) is 16.3. The molecule has 0 fully saturated rings. The van der Waals surface area contributed by atoms with Gasteiger partial charge < -0.3 is 15.0 Å². The second kappa shape index (κ2) is 6.53. The van der Waals surface area contributed by atoms with Gasteiger partial charge in [0.05, 0.1) is 11.0 Å². The van der Waals surface area contributed by atoms with Gasteiger partial charge in [0, 0.05) is 36.2 Å². The Morgan fingerprint density at radius 3 is 2.83 bits per heavy atom. The number of aromatic hydroxyl groups is 1. The highest BCUT2D eigenvalue weighted by Crippen LogP contribution is 2.28. The highest BCUT2D eigenvalue weighted by molar-refractivity contribution is 6.30. The fourth-order valence-electron chi connectivity index (χ4n) is 2.82. The third-order valence-electron chi connectivity index (χ3n) is 3.72. The van der Waals surface area contributed by atoms with E-state index in [4.69, 9.17) is 11.6 Å². The Morgan fingerprint density at radius 2 is 2.12 bits per heavy atom. The van der Waals surface area contributed by atoms with E-state index in [-0.39, 0.29) is 17.7 Å². The van der Waals surface area contributed by atoms with Gasteiger partial charge in [0.15, 0.2) is 0 Å². The zero-order valence-corrected chi connectivity index (χ0v) is 14.2. The molecule has 1 atom stereocenters. The summed E-state index contributed by atoms with van der Waals surface area (Å²) in [4.78, 5) is 16.0. The predicted molar refractivity (Wildman–Crippen MR) is 95.1 cm³/mol. The standard InChI is InChI=1S/C18H18ClN3O2/c1-11(20-12(2)23)10-22-17-7-6-15(24)9-16(17)21-18(22)13-4-3-5-14(19)8-13/h3-9,11,24H,10H2,1-2H3,(H,20,23). The first-order valence-electron chi connectivity index (χ1n) is 7.66. The maximum atomic E-state index is 11.3. The van der Waals surface area contributed by atoms with Crippen LogP contribution in [0, 0.1) is 0 Å². The maximum absolute atomic E-state index is 11.3. The SMILES string of the molecule is CC(=O)NC(C)Cn1c(-c2cccc(Cl)c2)nc2cc(O)ccc21. The number of carbonyl (C=O) groups is 1. The predicted octanol–water partition coefficient (Wildman–Crippen LogP) is 3.59. The average Bonchev–Trinajstić information content (AvgIpc) is 2.84. The van der Waals surface area contributed by atoms with Crippen molar-refractivity contribution in [2.45, 2.75) is 26.4 Å². The van der Waals surface area contributed by atoms with Crippen molar-refractivity contribution in [1.82, 2.24) is 14.9 Å². The number of hydrogen-bond donors (Lipinski definition) is 2. The van der Waals surface area contributed by atoms with E-state index in [1.807, 2.05) is 41.8 Å². The maximum Gasteiger partial charge on any atom is 0.217 e. The number of carbonyl (C=O) groups excluding carboxylic acids is 1. The van der Waals surface area contributed by atoms with Crippen LogP contribution < -0.4 is 5.32 Å². The molecule has 0 aliphatic rings. The fourth-order valence-corrected chi connectivity index (χ4v) is 3.01. The molecule has 3 aromatic rings. The molecule has 0 radical (unpaired) electrons. The van der Waals surface area contributed by atoms with E-state index in [0.717, 1.165) is 16.9 Å². The van der Waals surface area contributed by atoms with Crippen LogP contribution >= 0.6 is 11.6 Å². The molecule has 1 unspecified atom stereocenters. The van der Waals surface area contributed by atoms with Gasteiger partial charge in [0.25, 0.3) is 0 Å². The molecule has 1 aromatic heterocycles. The van der Waals surface area contributed by atoms with E-state index in [0.29, 0.717) is 17.1 Å². The minimum Gasteiger partial charge on any atom is -0.508 e. The molecule has 0 aliphatic carbocycles. The third kappa shape index (κ3) is 3.36. The second-order valence-electron chi connectivity index (χ2n) is 5.83. The van der Waals surface area contributed by atoms with Crippen molar-refractivity contribution < 1.29 is 9.90 Å². The van der Waals surface area contributed by atoms with Crippen LogP contribution in [0.2, 0.25) is 5.02 Å². The number of nitrogens with zero attached hydrogens (tertiary/aromatic N) is 2. The van der Waals surface area contributed by atoms with E-state index >= 15 is 0 Å². The molecule has 124 valence electrons. The number of hydrogen-bond acceptors (Lipinski definition) is 3. The van der Waals surface area contributed by atoms with Gasteiger partial charge in [0.1, 0.15) is 11.6 Å². The highest BCUT2D eigenvalue weighted by Gasteiger charge is 2.16. The number of phenols is 1. The van der Waals surface area contributed by atoms with E-state index in [2.05, 4.69) is 10.3 Å². The van der Waals surface area contributed by atoms with Crippen molar-refractivity contribution in [2.75, 3.05) is 0 Å². The molecule has 3 rings (SSSR count). The van der Waals surface area contributed by atoms with Crippen LogP contribution in [0.1, 0.15) is 13.8 Å². The van der Waals surface area contributed by atoms with Crippen LogP contribution in [-0.4, -0.2) is 26.6 Å². The Bertz CT molecular complexity index is 904. The number of phenolic OH excluding ortho intramolecular Hbond substituents is 1. The van der Waals surface area contributed by atoms with Crippen molar-refractivity contribution >= 4 is 28.5 Å². The molecular weight excluding hydrogens is 326 g/mol. The van der Waals surface area contributed by atoms with Crippen molar-refractivity contribution in [3.05, 3.63) is 47.5 Å². The van der Waals surface area contributed by atoms with Crippen LogP contribution in [0.15, 0.2) is 42.5 Å². The fraction of sp³-hybridized carbons (Fsp3) is 0.222. The summed E-state index contributed by atoms with van der Waals surface area (Å²) >= 11 is 6.11. The van der Waals surface area contributed by atoms with Gasteiger partial charge in [-0.05, 0) is 31.2 Å². The lowest BCUT2D eigenvalue weighted by Gasteiger charge is -2.16. The van der Waals surface area contributed by atoms with Crippen LogP contribution in [-0.2, 0) is 11.3 Å². The minimum absolute atomic E-state index is 0.0633. The van der Waals surface area contributed by atoms with Crippen LogP contribution in [0.4, 0.5) is 0 Å². The Hall–Kier alpha value is -2.53. The summed E-state index contributed by atoms with van der Waals surface area (Å²) in [5.41, 5.74) is 2.47. The molecule has 1 heterocycles. The highest BCUT2D eigenvalue weighted by atomic mass is 35.5. The van der Waals surface area contributed by atoms with Gasteiger partial charge in [-0.2, -0.15) is 0 Å². The van der Waals surface area contributed by atoms with Crippen molar-refractivity contribution in [2.24, 2.45) is 0 Å². The Labute approximate surface area is 144 Å². The Morgan fingerprint density at radius 1 is 1.33 bits per heavy atom. The number of fused-ring (bicyclic) bond motifs is 1. The minimum atomic E-state index is -0.0751. The molecule has 5 nitrogen and oxygen atoms in total. The number of imidazole rings is 1. The van der Waals surface area contributed by atoms with Gasteiger partial charge in [-0.1, -0.05) is 23.7 Å². The molecule has 0 saturated heterocycles. The van der Waals surface area contributed by atoms with Gasteiger partial charge in [-0.3, -0.25) is 4.79 Å². The number of benzene rings is 2. The number of rotatable bonds is 4. The molecule has 0 spiro atoms. The summed E-state index contributed by atoms with van der Waals surface area (Å²) in [6.45, 7) is 4.00. The van der Waals surface area contributed by atoms with Crippen molar-refractivity contribution in [3.63, 3.8) is 0 Å². The number of nitrogens with one attached hydrogen (secondary N) is 1. The van der Waals surface area contributed by atoms with E-state index < -0.39 is 0 Å². The van der Waals surface area contributed by atoms with E-state index in [9.17, 15) is 9.90 Å². The summed E-state index contributed by atoms with van der Waals surface area (Å²) in [6, 6.07) is 12.5. The summed E-state index contributed by atoms with van der Waals surface area (Å²) in [6.07, 6.45) is 0. The van der Waals surface area contributed by atoms with Gasteiger partial charge in [0.2, 0.25) is 5.91 Å². The number of amides is 1. The molecule has 0 saturated carbocycles. The summed E-state index contributed by atoms with van der Waals surface area (Å²) in [5, 5.41) is 13.2. The van der Waals surface area contributed by atoms with Gasteiger partial charge in [-0.25, -0.2) is 4.98 Å². The van der Waals surface area contributed by atoms with Crippen molar-refractivity contribution in [3.8, 4) is 17.1 Å². The Balaban J connectivity index is 2.12. The lowest BCUT2D eigenvalue weighted by atomic mass is 10.2. The van der Waals surface area contributed by atoms with E-state index in [1.54, 1.807) is 12.1 Å². The quantitative estimate of drug-likeness (QED) is 0.760. The van der Waals surface area contributed by atoms with E-state index in [1.165, 1.54) is 6.92 Å². The van der Waals surface area contributed by atoms with Gasteiger partial charge >= 0.3 is 0 Å². The normalized spacial score (nSPS) is 12.3. The lowest BCUT2D eigenvalue weighted by Crippen LogP contribution is -2.34. The zero-order valence-electron chi connectivity index (χ0n) is 13.5. The third-order valence-corrected chi connectivity index (χ3v) is 3.96. The largest absolute Gasteiger partial charge is 0.508 e. The first-order valence-corrected chi connectivity index (χ1v) is 8.04. The van der Waals surface area contributed by atoms with Crippen LogP contribution in [0.3, 0.4) is 0 Å². The molecule has 0 aliphatic heterocycles. The molecule has 1 amide bonds. The number of aromatic nitrogens is 2. The summed E-state index contributed by atoms with van der Waals surface area (Å²) in [5.74, 6) is 0.837. The van der Waals surface area contributed by atoms with Crippen LogP contribution in [0.5, 0.6) is 5.75 Å². The first-order chi connectivity index (χ1) is 11.4. The molecular formula is C18H18ClN3O2. The molecule has 6 heteroatoms. The lowest BCUT2D eigenvalue weighted by molar-refractivity contribution is -0.119. The monoisotopic (exact) mass is 343 g/mol. The molecule has 2 aromatic carbocycles. The summed E-state index contributed by atoms with van der Waals surface area (Å²) in [7, 11) is 0. The Kier molecular flexibility index (Phi) is 4.44. The molecule has 2 N–H and O–H groups in total. The average molecular weight is 344 g/mol. The number of halogens is 1. The second-order valence-corrected chi connectivity index (χ2v) is 6.27. The smallest absolute Gasteiger partial charge is 0.217 e. The zero-order chi connectivity index (χ0) is 17.3. The molecule has 0 bridgehead atoms. The van der Waals surface area contributed by atoms with Gasteiger partial charge in [-0.15, -0.1) is 0 Å².